The molecule has 110 valence electrons. The van der Waals surface area contributed by atoms with E-state index in [0.717, 1.165) is 0 Å². The fourth-order valence-corrected chi connectivity index (χ4v) is 1.60. The van der Waals surface area contributed by atoms with Gasteiger partial charge < -0.3 is 19.5 Å². The lowest BCUT2D eigenvalue weighted by Crippen LogP contribution is -2.43. The van der Waals surface area contributed by atoms with Gasteiger partial charge in [-0.3, -0.25) is 9.59 Å². The van der Waals surface area contributed by atoms with E-state index in [4.69, 9.17) is 14.6 Å². The van der Waals surface area contributed by atoms with Crippen LogP contribution in [0.25, 0.3) is 0 Å². The average molecular weight is 281 g/mol. The van der Waals surface area contributed by atoms with Crippen molar-refractivity contribution in [2.75, 3.05) is 20.3 Å². The quantitative estimate of drug-likeness (QED) is 0.817. The predicted molar refractivity (Wildman–Crippen MR) is 73.0 cm³/mol. The Balaban J connectivity index is 2.57. The summed E-state index contributed by atoms with van der Waals surface area (Å²) in [5.74, 6) is -0.189. The van der Waals surface area contributed by atoms with E-state index in [1.807, 2.05) is 0 Å². The first-order chi connectivity index (χ1) is 9.43. The van der Waals surface area contributed by atoms with E-state index in [-0.39, 0.29) is 25.1 Å². The minimum Gasteiger partial charge on any atom is -0.497 e. The van der Waals surface area contributed by atoms with Crippen LogP contribution in [0.2, 0.25) is 0 Å². The fourth-order valence-electron chi connectivity index (χ4n) is 1.60. The number of carbonyl (C=O) groups is 2. The zero-order chi connectivity index (χ0) is 15.1. The topological polar surface area (TPSA) is 76.1 Å². The van der Waals surface area contributed by atoms with E-state index in [1.54, 1.807) is 45.2 Å². The summed E-state index contributed by atoms with van der Waals surface area (Å²) < 4.78 is 10.4. The summed E-state index contributed by atoms with van der Waals surface area (Å²) in [6, 6.07) is 6.61. The van der Waals surface area contributed by atoms with Gasteiger partial charge in [-0.1, -0.05) is 0 Å². The fraction of sp³-hybridized carbons (Fsp3) is 0.429. The lowest BCUT2D eigenvalue weighted by Gasteiger charge is -2.24. The molecule has 0 aliphatic carbocycles. The number of nitrogens with zero attached hydrogens (tertiary/aromatic N) is 1. The minimum atomic E-state index is -1.04. The van der Waals surface area contributed by atoms with Crippen molar-refractivity contribution in [3.05, 3.63) is 24.3 Å². The molecule has 6 heteroatoms. The third-order valence-electron chi connectivity index (χ3n) is 2.67. The van der Waals surface area contributed by atoms with Crippen LogP contribution < -0.4 is 9.47 Å². The van der Waals surface area contributed by atoms with E-state index in [1.165, 1.54) is 4.90 Å². The van der Waals surface area contributed by atoms with Crippen molar-refractivity contribution in [3.8, 4) is 11.5 Å². The van der Waals surface area contributed by atoms with E-state index in [2.05, 4.69) is 0 Å². The highest BCUT2D eigenvalue weighted by Crippen LogP contribution is 2.17. The Kier molecular flexibility index (Phi) is 5.83. The molecular formula is C14H19NO5. The number of carboxylic acid groups (broad SMARTS) is 1. The number of carbonyl (C=O) groups excluding carboxylic acids is 1. The van der Waals surface area contributed by atoms with Crippen LogP contribution in [0.4, 0.5) is 0 Å². The van der Waals surface area contributed by atoms with Gasteiger partial charge in [0.25, 0.3) is 5.91 Å². The molecule has 6 nitrogen and oxygen atoms in total. The Morgan fingerprint density at radius 3 is 2.20 bits per heavy atom. The van der Waals surface area contributed by atoms with Crippen LogP contribution in [-0.2, 0) is 9.59 Å². The highest BCUT2D eigenvalue weighted by Gasteiger charge is 2.20. The molecule has 20 heavy (non-hydrogen) atoms. The molecule has 0 heterocycles. The standard InChI is InChI=1S/C14H19NO5/c1-10(2)15(8-14(17)18)13(16)9-20-12-6-4-11(19-3)5-7-12/h4-7,10H,8-9H2,1-3H3,(H,17,18). The smallest absolute Gasteiger partial charge is 0.323 e. The molecule has 0 atom stereocenters. The lowest BCUT2D eigenvalue weighted by atomic mass is 10.3. The van der Waals surface area contributed by atoms with Gasteiger partial charge in [0.2, 0.25) is 0 Å². The molecule has 0 radical (unpaired) electrons. The maximum absolute atomic E-state index is 11.9. The summed E-state index contributed by atoms with van der Waals surface area (Å²) in [4.78, 5) is 23.9. The van der Waals surface area contributed by atoms with E-state index >= 15 is 0 Å². The minimum absolute atomic E-state index is 0.196. The second-order valence-corrected chi connectivity index (χ2v) is 4.47. The summed E-state index contributed by atoms with van der Waals surface area (Å²) in [7, 11) is 1.56. The van der Waals surface area contributed by atoms with Crippen molar-refractivity contribution in [2.45, 2.75) is 19.9 Å². The normalized spacial score (nSPS) is 10.2. The average Bonchev–Trinajstić information content (AvgIpc) is 2.42. The number of carboxylic acids is 1. The van der Waals surface area contributed by atoms with Crippen LogP contribution in [0.15, 0.2) is 24.3 Å². The van der Waals surface area contributed by atoms with Gasteiger partial charge in [-0.25, -0.2) is 0 Å². The zero-order valence-electron chi connectivity index (χ0n) is 11.8. The molecule has 0 saturated heterocycles. The van der Waals surface area contributed by atoms with Gasteiger partial charge in [-0.2, -0.15) is 0 Å². The molecule has 1 N–H and O–H groups in total. The van der Waals surface area contributed by atoms with Gasteiger partial charge >= 0.3 is 5.97 Å². The summed E-state index contributed by atoms with van der Waals surface area (Å²) in [6.45, 7) is 2.99. The molecule has 0 aromatic heterocycles. The molecule has 1 aromatic rings. The summed E-state index contributed by atoms with van der Waals surface area (Å²) >= 11 is 0. The van der Waals surface area contributed by atoms with E-state index in [0.29, 0.717) is 11.5 Å². The van der Waals surface area contributed by atoms with Crippen LogP contribution in [0, 0.1) is 0 Å². The Labute approximate surface area is 117 Å². The van der Waals surface area contributed by atoms with Crippen molar-refractivity contribution < 1.29 is 24.2 Å². The van der Waals surface area contributed by atoms with Crippen LogP contribution in [0.1, 0.15) is 13.8 Å². The predicted octanol–water partition coefficient (Wildman–Crippen LogP) is 1.40. The van der Waals surface area contributed by atoms with Crippen molar-refractivity contribution in [1.29, 1.82) is 0 Å². The van der Waals surface area contributed by atoms with Crippen molar-refractivity contribution >= 4 is 11.9 Å². The number of ether oxygens (including phenoxy) is 2. The van der Waals surface area contributed by atoms with Gasteiger partial charge in [0.1, 0.15) is 18.0 Å². The molecule has 1 rings (SSSR count). The number of aliphatic carboxylic acids is 1. The third-order valence-corrected chi connectivity index (χ3v) is 2.67. The summed E-state index contributed by atoms with van der Waals surface area (Å²) in [5.41, 5.74) is 0. The van der Waals surface area contributed by atoms with Gasteiger partial charge in [-0.15, -0.1) is 0 Å². The maximum Gasteiger partial charge on any atom is 0.323 e. The molecule has 0 aliphatic rings. The molecule has 0 unspecified atom stereocenters. The zero-order valence-corrected chi connectivity index (χ0v) is 11.8. The van der Waals surface area contributed by atoms with Crippen LogP contribution >= 0.6 is 0 Å². The molecule has 0 aliphatic heterocycles. The first kappa shape index (κ1) is 15.8. The second-order valence-electron chi connectivity index (χ2n) is 4.47. The van der Waals surface area contributed by atoms with Crippen molar-refractivity contribution in [3.63, 3.8) is 0 Å². The number of methoxy groups -OCH3 is 1. The number of benzene rings is 1. The van der Waals surface area contributed by atoms with E-state index in [9.17, 15) is 9.59 Å². The second kappa shape index (κ2) is 7.37. The summed E-state index contributed by atoms with van der Waals surface area (Å²) in [6.07, 6.45) is 0. The number of amides is 1. The molecule has 0 fully saturated rings. The largest absolute Gasteiger partial charge is 0.497 e. The summed E-state index contributed by atoms with van der Waals surface area (Å²) in [5, 5.41) is 8.78. The Bertz CT molecular complexity index is 455. The molecule has 1 aromatic carbocycles. The molecule has 0 bridgehead atoms. The van der Waals surface area contributed by atoms with Gasteiger partial charge in [-0.05, 0) is 38.1 Å². The van der Waals surface area contributed by atoms with Gasteiger partial charge in [0, 0.05) is 6.04 Å². The van der Waals surface area contributed by atoms with Crippen molar-refractivity contribution in [2.24, 2.45) is 0 Å². The molecule has 0 spiro atoms. The van der Waals surface area contributed by atoms with Crippen molar-refractivity contribution in [1.82, 2.24) is 4.90 Å². The number of hydrogen-bond donors (Lipinski definition) is 1. The number of hydrogen-bond acceptors (Lipinski definition) is 4. The van der Waals surface area contributed by atoms with Gasteiger partial charge in [0.15, 0.2) is 6.61 Å². The lowest BCUT2D eigenvalue weighted by molar-refractivity contribution is -0.146. The van der Waals surface area contributed by atoms with Crippen LogP contribution in [0.5, 0.6) is 11.5 Å². The first-order valence-corrected chi connectivity index (χ1v) is 6.22. The SMILES string of the molecule is COc1ccc(OCC(=O)N(CC(=O)O)C(C)C)cc1. The van der Waals surface area contributed by atoms with Crippen LogP contribution in [0.3, 0.4) is 0 Å². The number of rotatable bonds is 7. The Morgan fingerprint density at radius 1 is 1.20 bits per heavy atom. The maximum atomic E-state index is 11.9. The highest BCUT2D eigenvalue weighted by atomic mass is 16.5. The van der Waals surface area contributed by atoms with E-state index < -0.39 is 5.97 Å². The van der Waals surface area contributed by atoms with Crippen LogP contribution in [-0.4, -0.2) is 48.2 Å². The third kappa shape index (κ3) is 4.79. The monoisotopic (exact) mass is 281 g/mol. The Hall–Kier alpha value is -2.24. The molecule has 0 saturated carbocycles. The molecule has 1 amide bonds. The highest BCUT2D eigenvalue weighted by molar-refractivity contribution is 5.82. The first-order valence-electron chi connectivity index (χ1n) is 6.22. The van der Waals surface area contributed by atoms with Gasteiger partial charge in [0.05, 0.1) is 7.11 Å². The molecular weight excluding hydrogens is 262 g/mol. The Morgan fingerprint density at radius 2 is 1.75 bits per heavy atom.